The van der Waals surface area contributed by atoms with Crippen molar-refractivity contribution in [2.24, 2.45) is 0 Å². The van der Waals surface area contributed by atoms with E-state index in [-0.39, 0.29) is 0 Å². The third kappa shape index (κ3) is 4.81. The van der Waals surface area contributed by atoms with Crippen molar-refractivity contribution < 1.29 is 4.42 Å². The molecule has 0 saturated heterocycles. The highest BCUT2D eigenvalue weighted by atomic mass is 16.3. The maximum absolute atomic E-state index is 6.24. The molecule has 0 spiro atoms. The van der Waals surface area contributed by atoms with Gasteiger partial charge in [-0.25, -0.2) is 0 Å². The van der Waals surface area contributed by atoms with Gasteiger partial charge in [0.15, 0.2) is 0 Å². The Hall–Kier alpha value is -7.16. The van der Waals surface area contributed by atoms with Crippen LogP contribution < -0.4 is 4.90 Å². The van der Waals surface area contributed by atoms with Crippen molar-refractivity contribution in [3.8, 4) is 22.3 Å². The van der Waals surface area contributed by atoms with E-state index in [0.29, 0.717) is 0 Å². The van der Waals surface area contributed by atoms with E-state index in [4.69, 9.17) is 4.42 Å². The maximum atomic E-state index is 6.24. The summed E-state index contributed by atoms with van der Waals surface area (Å²) in [6.45, 7) is 0. The number of anilines is 3. The molecule has 0 bridgehead atoms. The lowest BCUT2D eigenvalue weighted by molar-refractivity contribution is 0.669. The number of benzene rings is 10. The van der Waals surface area contributed by atoms with Gasteiger partial charge in [-0.05, 0) is 102 Å². The van der Waals surface area contributed by atoms with E-state index >= 15 is 0 Å². The number of para-hydroxylation sites is 1. The average molecular weight is 688 g/mol. The van der Waals surface area contributed by atoms with Crippen LogP contribution in [0.25, 0.3) is 87.3 Å². The minimum absolute atomic E-state index is 0.904. The molecule has 1 heterocycles. The molecule has 0 saturated carbocycles. The number of rotatable bonds is 5. The van der Waals surface area contributed by atoms with Crippen LogP contribution in [0.3, 0.4) is 0 Å². The lowest BCUT2D eigenvalue weighted by atomic mass is 9.94. The average Bonchev–Trinajstić information content (AvgIpc) is 3.63. The van der Waals surface area contributed by atoms with Crippen LogP contribution in [-0.4, -0.2) is 0 Å². The lowest BCUT2D eigenvalue weighted by Gasteiger charge is -2.28. The summed E-state index contributed by atoms with van der Waals surface area (Å²) in [5.41, 5.74) is 9.89. The molecule has 0 aliphatic rings. The van der Waals surface area contributed by atoms with Crippen molar-refractivity contribution in [1.82, 2.24) is 0 Å². The molecule has 11 rings (SSSR count). The van der Waals surface area contributed by atoms with Crippen LogP contribution in [0.5, 0.6) is 0 Å². The number of furan rings is 1. The van der Waals surface area contributed by atoms with E-state index in [1.807, 2.05) is 12.1 Å². The Kier molecular flexibility index (Phi) is 6.90. The van der Waals surface area contributed by atoms with Crippen LogP contribution in [0, 0.1) is 0 Å². The van der Waals surface area contributed by atoms with Gasteiger partial charge >= 0.3 is 0 Å². The van der Waals surface area contributed by atoms with Gasteiger partial charge in [-0.2, -0.15) is 0 Å². The standard InChI is InChI=1S/C52H33NO/c1-3-13-40-34(11-1)27-32-46-41(18-9-20-44(40)46)35-23-28-38(29-24-35)53(49-33-37-12-2-4-14-42(37)45-15-5-6-16-47(45)49)39-30-25-36(26-31-39)43-19-10-22-51-52(43)48-17-7-8-21-50(48)54-51/h1-33H. The molecule has 0 amide bonds. The zero-order chi connectivity index (χ0) is 35.6. The molecule has 1 aromatic heterocycles. The molecule has 11 aromatic rings. The fourth-order valence-corrected chi connectivity index (χ4v) is 8.53. The van der Waals surface area contributed by atoms with Gasteiger partial charge in [0.05, 0.1) is 5.69 Å². The van der Waals surface area contributed by atoms with Crippen LogP contribution in [-0.2, 0) is 0 Å². The second kappa shape index (κ2) is 12.2. The van der Waals surface area contributed by atoms with Gasteiger partial charge < -0.3 is 9.32 Å². The Bertz CT molecular complexity index is 3210. The van der Waals surface area contributed by atoms with Crippen molar-refractivity contribution in [2.75, 3.05) is 4.90 Å². The van der Waals surface area contributed by atoms with Crippen molar-refractivity contribution in [3.05, 3.63) is 200 Å². The summed E-state index contributed by atoms with van der Waals surface area (Å²) in [7, 11) is 0. The first kappa shape index (κ1) is 30.5. The van der Waals surface area contributed by atoms with Crippen LogP contribution in [0.4, 0.5) is 17.1 Å². The van der Waals surface area contributed by atoms with Gasteiger partial charge in [0.1, 0.15) is 11.2 Å². The fourth-order valence-electron chi connectivity index (χ4n) is 8.53. The number of hydrogen-bond acceptors (Lipinski definition) is 2. The van der Waals surface area contributed by atoms with E-state index < -0.39 is 0 Å². The molecule has 0 radical (unpaired) electrons. The largest absolute Gasteiger partial charge is 0.456 e. The van der Waals surface area contributed by atoms with Crippen LogP contribution in [0.15, 0.2) is 205 Å². The Morgan fingerprint density at radius 3 is 1.59 bits per heavy atom. The zero-order valence-corrected chi connectivity index (χ0v) is 29.4. The zero-order valence-electron chi connectivity index (χ0n) is 29.4. The minimum Gasteiger partial charge on any atom is -0.456 e. The topological polar surface area (TPSA) is 16.4 Å². The normalized spacial score (nSPS) is 11.7. The summed E-state index contributed by atoms with van der Waals surface area (Å²) >= 11 is 0. The first-order chi connectivity index (χ1) is 26.8. The fraction of sp³-hybridized carbons (Fsp3) is 0. The third-order valence-corrected chi connectivity index (χ3v) is 11.0. The third-order valence-electron chi connectivity index (χ3n) is 11.0. The molecule has 252 valence electrons. The molecule has 0 atom stereocenters. The molecule has 2 nitrogen and oxygen atoms in total. The molecule has 10 aromatic carbocycles. The van der Waals surface area contributed by atoms with Gasteiger partial charge in [0, 0.05) is 27.5 Å². The highest BCUT2D eigenvalue weighted by Gasteiger charge is 2.19. The number of nitrogens with zero attached hydrogens (tertiary/aromatic N) is 1. The lowest BCUT2D eigenvalue weighted by Crippen LogP contribution is -2.10. The van der Waals surface area contributed by atoms with E-state index in [9.17, 15) is 0 Å². The van der Waals surface area contributed by atoms with E-state index in [1.165, 1.54) is 59.8 Å². The van der Waals surface area contributed by atoms with Gasteiger partial charge in [0.25, 0.3) is 0 Å². The monoisotopic (exact) mass is 687 g/mol. The predicted molar refractivity (Wildman–Crippen MR) is 229 cm³/mol. The summed E-state index contributed by atoms with van der Waals surface area (Å²) in [5, 5.41) is 12.3. The first-order valence-corrected chi connectivity index (χ1v) is 18.5. The molecular formula is C52H33NO. The molecule has 0 aliphatic carbocycles. The van der Waals surface area contributed by atoms with Gasteiger partial charge in [-0.15, -0.1) is 0 Å². The highest BCUT2D eigenvalue weighted by Crippen LogP contribution is 2.44. The summed E-state index contributed by atoms with van der Waals surface area (Å²) < 4.78 is 6.24. The number of hydrogen-bond donors (Lipinski definition) is 0. The summed E-state index contributed by atoms with van der Waals surface area (Å²) in [6.07, 6.45) is 0. The molecule has 2 heteroatoms. The molecule has 0 N–H and O–H groups in total. The predicted octanol–water partition coefficient (Wildman–Crippen LogP) is 15.0. The van der Waals surface area contributed by atoms with E-state index in [0.717, 1.165) is 44.6 Å². The first-order valence-electron chi connectivity index (χ1n) is 18.5. The quantitative estimate of drug-likeness (QED) is 0.168. The summed E-state index contributed by atoms with van der Waals surface area (Å²) in [6, 6.07) is 72.3. The Labute approximate surface area is 312 Å². The summed E-state index contributed by atoms with van der Waals surface area (Å²) in [4.78, 5) is 2.41. The van der Waals surface area contributed by atoms with Gasteiger partial charge in [0.2, 0.25) is 0 Å². The molecule has 0 fully saturated rings. The van der Waals surface area contributed by atoms with E-state index in [2.05, 4.69) is 193 Å². The van der Waals surface area contributed by atoms with Crippen molar-refractivity contribution in [1.29, 1.82) is 0 Å². The minimum atomic E-state index is 0.904. The Balaban J connectivity index is 1.08. The van der Waals surface area contributed by atoms with Crippen LogP contribution in [0.2, 0.25) is 0 Å². The second-order valence-corrected chi connectivity index (χ2v) is 14.1. The smallest absolute Gasteiger partial charge is 0.136 e. The molecule has 54 heavy (non-hydrogen) atoms. The van der Waals surface area contributed by atoms with Crippen molar-refractivity contribution >= 4 is 82.1 Å². The maximum Gasteiger partial charge on any atom is 0.136 e. The highest BCUT2D eigenvalue weighted by molar-refractivity contribution is 6.16. The second-order valence-electron chi connectivity index (χ2n) is 14.1. The van der Waals surface area contributed by atoms with Crippen molar-refractivity contribution in [2.45, 2.75) is 0 Å². The van der Waals surface area contributed by atoms with E-state index in [1.54, 1.807) is 0 Å². The van der Waals surface area contributed by atoms with Crippen molar-refractivity contribution in [3.63, 3.8) is 0 Å². The van der Waals surface area contributed by atoms with Crippen LogP contribution in [0.1, 0.15) is 0 Å². The SMILES string of the molecule is c1ccc2c(c1)ccc1c(-c3ccc(N(c4ccc(-c5cccc6oc7ccccc7c56)cc4)c4cc5ccccc5c5ccccc45)cc3)cccc12. The molecular weight excluding hydrogens is 655 g/mol. The Morgan fingerprint density at radius 2 is 0.833 bits per heavy atom. The number of fused-ring (bicyclic) bond motifs is 9. The molecule has 0 unspecified atom stereocenters. The Morgan fingerprint density at radius 1 is 0.315 bits per heavy atom. The van der Waals surface area contributed by atoms with Gasteiger partial charge in [-0.1, -0.05) is 158 Å². The van der Waals surface area contributed by atoms with Gasteiger partial charge in [-0.3, -0.25) is 0 Å². The molecule has 0 aliphatic heterocycles. The van der Waals surface area contributed by atoms with Crippen LogP contribution >= 0.6 is 0 Å². The summed E-state index contributed by atoms with van der Waals surface area (Å²) in [5.74, 6) is 0.